The molecule has 0 saturated carbocycles. The Morgan fingerprint density at radius 2 is 1.84 bits per heavy atom. The molecular weight excluding hydrogens is 450 g/mol. The Bertz CT molecular complexity index is 1070. The molecule has 0 saturated heterocycles. The van der Waals surface area contributed by atoms with Crippen molar-refractivity contribution in [2.75, 3.05) is 18.2 Å². The summed E-state index contributed by atoms with van der Waals surface area (Å²) in [7, 11) is 1.60. The molecule has 0 aliphatic heterocycles. The zero-order chi connectivity index (χ0) is 22.9. The zero-order valence-electron chi connectivity index (χ0n) is 17.8. The van der Waals surface area contributed by atoms with E-state index < -0.39 is 0 Å². The molecule has 0 radical (unpaired) electrons. The van der Waals surface area contributed by atoms with E-state index in [1.54, 1.807) is 31.4 Å². The van der Waals surface area contributed by atoms with Crippen LogP contribution in [0.5, 0.6) is 5.75 Å². The van der Waals surface area contributed by atoms with E-state index in [1.807, 2.05) is 35.8 Å². The van der Waals surface area contributed by atoms with Crippen molar-refractivity contribution in [3.63, 3.8) is 0 Å². The Hall–Kier alpha value is -3.04. The van der Waals surface area contributed by atoms with E-state index >= 15 is 0 Å². The Morgan fingerprint density at radius 1 is 1.09 bits per heavy atom. The largest absolute Gasteiger partial charge is 0.497 e. The third kappa shape index (κ3) is 6.48. The molecule has 0 spiro atoms. The highest BCUT2D eigenvalue weighted by atomic mass is 35.5. The summed E-state index contributed by atoms with van der Waals surface area (Å²) in [6, 6.07) is 14.4. The molecule has 8 nitrogen and oxygen atoms in total. The summed E-state index contributed by atoms with van der Waals surface area (Å²) >= 11 is 7.35. The predicted octanol–water partition coefficient (Wildman–Crippen LogP) is 3.55. The van der Waals surface area contributed by atoms with Gasteiger partial charge in [0.2, 0.25) is 11.8 Å². The number of thioether (sulfide) groups is 1. The van der Waals surface area contributed by atoms with Crippen LogP contribution in [0.2, 0.25) is 5.02 Å². The van der Waals surface area contributed by atoms with Gasteiger partial charge in [-0.15, -0.1) is 10.2 Å². The van der Waals surface area contributed by atoms with Crippen LogP contribution >= 0.6 is 23.4 Å². The Kier molecular flexibility index (Phi) is 8.52. The lowest BCUT2D eigenvalue weighted by Crippen LogP contribution is -2.26. The van der Waals surface area contributed by atoms with Crippen LogP contribution in [0.1, 0.15) is 18.3 Å². The third-order valence-electron chi connectivity index (χ3n) is 4.56. The van der Waals surface area contributed by atoms with Crippen molar-refractivity contribution in [3.8, 4) is 5.75 Å². The highest BCUT2D eigenvalue weighted by molar-refractivity contribution is 7.99. The first kappa shape index (κ1) is 23.6. The van der Waals surface area contributed by atoms with Gasteiger partial charge in [-0.1, -0.05) is 47.6 Å². The highest BCUT2D eigenvalue weighted by Gasteiger charge is 2.15. The number of carbonyl (C=O) groups is 2. The number of aromatic nitrogens is 3. The predicted molar refractivity (Wildman–Crippen MR) is 125 cm³/mol. The van der Waals surface area contributed by atoms with Gasteiger partial charge in [-0.2, -0.15) is 0 Å². The number of ether oxygens (including phenoxy) is 1. The SMILES string of the molecule is CCn1c(CNC(=O)Cc2ccc(OC)cc2)nnc1SCC(=O)Nc1ccccc1Cl. The van der Waals surface area contributed by atoms with E-state index in [9.17, 15) is 9.59 Å². The minimum Gasteiger partial charge on any atom is -0.497 e. The number of amides is 2. The van der Waals surface area contributed by atoms with E-state index in [1.165, 1.54) is 11.8 Å². The van der Waals surface area contributed by atoms with Crippen LogP contribution in [-0.4, -0.2) is 39.4 Å². The molecular formula is C22H24ClN5O3S. The maximum absolute atomic E-state index is 12.3. The lowest BCUT2D eigenvalue weighted by Gasteiger charge is -2.09. The zero-order valence-corrected chi connectivity index (χ0v) is 19.4. The van der Waals surface area contributed by atoms with E-state index in [0.29, 0.717) is 28.2 Å². The van der Waals surface area contributed by atoms with E-state index in [-0.39, 0.29) is 30.5 Å². The summed E-state index contributed by atoms with van der Waals surface area (Å²) in [6.07, 6.45) is 0.258. The average Bonchev–Trinajstić information content (AvgIpc) is 3.20. The topological polar surface area (TPSA) is 98.1 Å². The van der Waals surface area contributed by atoms with E-state index in [2.05, 4.69) is 20.8 Å². The van der Waals surface area contributed by atoms with Crippen molar-refractivity contribution in [1.29, 1.82) is 0 Å². The van der Waals surface area contributed by atoms with Gasteiger partial charge in [-0.3, -0.25) is 9.59 Å². The number of nitrogens with one attached hydrogen (secondary N) is 2. The number of rotatable bonds is 10. The normalized spacial score (nSPS) is 10.6. The fourth-order valence-electron chi connectivity index (χ4n) is 2.92. The van der Waals surface area contributed by atoms with Gasteiger partial charge in [-0.05, 0) is 36.8 Å². The quantitative estimate of drug-likeness (QED) is 0.437. The first-order chi connectivity index (χ1) is 15.5. The molecule has 2 aromatic carbocycles. The van der Waals surface area contributed by atoms with Gasteiger partial charge in [0.05, 0.1) is 36.5 Å². The van der Waals surface area contributed by atoms with Gasteiger partial charge in [-0.25, -0.2) is 0 Å². The monoisotopic (exact) mass is 473 g/mol. The molecule has 0 aliphatic carbocycles. The number of hydrogen-bond acceptors (Lipinski definition) is 6. The van der Waals surface area contributed by atoms with Crippen LogP contribution in [0.15, 0.2) is 53.7 Å². The van der Waals surface area contributed by atoms with Crippen molar-refractivity contribution >= 4 is 40.9 Å². The maximum atomic E-state index is 12.3. The van der Waals surface area contributed by atoms with Crippen molar-refractivity contribution in [1.82, 2.24) is 20.1 Å². The molecule has 32 heavy (non-hydrogen) atoms. The fraction of sp³-hybridized carbons (Fsp3) is 0.273. The molecule has 1 heterocycles. The molecule has 0 aliphatic rings. The number of nitrogens with zero attached hydrogens (tertiary/aromatic N) is 3. The van der Waals surface area contributed by atoms with Gasteiger partial charge in [0, 0.05) is 6.54 Å². The van der Waals surface area contributed by atoms with Gasteiger partial charge in [0.1, 0.15) is 5.75 Å². The smallest absolute Gasteiger partial charge is 0.234 e. The summed E-state index contributed by atoms with van der Waals surface area (Å²) in [6.45, 7) is 2.83. The molecule has 0 fully saturated rings. The van der Waals surface area contributed by atoms with Crippen molar-refractivity contribution in [2.45, 2.75) is 31.6 Å². The summed E-state index contributed by atoms with van der Waals surface area (Å²) in [4.78, 5) is 24.6. The maximum Gasteiger partial charge on any atom is 0.234 e. The second-order valence-corrected chi connectivity index (χ2v) is 8.11. The first-order valence-corrected chi connectivity index (χ1v) is 11.4. The number of anilines is 1. The first-order valence-electron chi connectivity index (χ1n) is 9.99. The molecule has 3 rings (SSSR count). The number of para-hydroxylation sites is 1. The molecule has 168 valence electrons. The van der Waals surface area contributed by atoms with E-state index in [4.69, 9.17) is 16.3 Å². The van der Waals surface area contributed by atoms with Gasteiger partial charge in [0.15, 0.2) is 11.0 Å². The van der Waals surface area contributed by atoms with Gasteiger partial charge < -0.3 is 19.9 Å². The molecule has 10 heteroatoms. The molecule has 0 unspecified atom stereocenters. The van der Waals surface area contributed by atoms with Crippen molar-refractivity contribution < 1.29 is 14.3 Å². The second kappa shape index (κ2) is 11.5. The number of carbonyl (C=O) groups excluding carboxylic acids is 2. The summed E-state index contributed by atoms with van der Waals surface area (Å²) in [5.74, 6) is 1.23. The van der Waals surface area contributed by atoms with Crippen molar-refractivity contribution in [3.05, 3.63) is 64.9 Å². The number of methoxy groups -OCH3 is 1. The van der Waals surface area contributed by atoms with Gasteiger partial charge in [0.25, 0.3) is 0 Å². The summed E-state index contributed by atoms with van der Waals surface area (Å²) < 4.78 is 7.00. The van der Waals surface area contributed by atoms with Crippen LogP contribution in [-0.2, 0) is 29.1 Å². The fourth-order valence-corrected chi connectivity index (χ4v) is 3.93. The van der Waals surface area contributed by atoms with Gasteiger partial charge >= 0.3 is 0 Å². The minimum absolute atomic E-state index is 0.117. The van der Waals surface area contributed by atoms with E-state index in [0.717, 1.165) is 11.3 Å². The molecule has 0 atom stereocenters. The van der Waals surface area contributed by atoms with Crippen LogP contribution < -0.4 is 15.4 Å². The molecule has 0 bridgehead atoms. The Labute approximate surface area is 195 Å². The van der Waals surface area contributed by atoms with Crippen LogP contribution in [0.3, 0.4) is 0 Å². The number of hydrogen-bond donors (Lipinski definition) is 2. The Morgan fingerprint density at radius 3 is 2.53 bits per heavy atom. The van der Waals surface area contributed by atoms with Crippen LogP contribution in [0.25, 0.3) is 0 Å². The Balaban J connectivity index is 1.51. The second-order valence-electron chi connectivity index (χ2n) is 6.76. The highest BCUT2D eigenvalue weighted by Crippen LogP contribution is 2.22. The number of halogens is 1. The molecule has 2 N–H and O–H groups in total. The average molecular weight is 474 g/mol. The standard InChI is InChI=1S/C22H24ClN5O3S/c1-3-28-19(13-24-20(29)12-15-8-10-16(31-2)11-9-15)26-27-22(28)32-14-21(30)25-18-7-5-4-6-17(18)23/h4-11H,3,12-14H2,1-2H3,(H,24,29)(H,25,30). The van der Waals surface area contributed by atoms with Crippen LogP contribution in [0, 0.1) is 0 Å². The third-order valence-corrected chi connectivity index (χ3v) is 5.85. The van der Waals surface area contributed by atoms with Crippen molar-refractivity contribution in [2.24, 2.45) is 0 Å². The minimum atomic E-state index is -0.192. The summed E-state index contributed by atoms with van der Waals surface area (Å²) in [5.41, 5.74) is 1.46. The molecule has 2 amide bonds. The van der Waals surface area contributed by atoms with Crippen LogP contribution in [0.4, 0.5) is 5.69 Å². The molecule has 1 aromatic heterocycles. The molecule has 3 aromatic rings. The lowest BCUT2D eigenvalue weighted by atomic mass is 10.1. The number of benzene rings is 2. The lowest BCUT2D eigenvalue weighted by molar-refractivity contribution is -0.120. The summed E-state index contributed by atoms with van der Waals surface area (Å²) in [5, 5.41) is 15.1.